The Morgan fingerprint density at radius 2 is 1.60 bits per heavy atom. The van der Waals surface area contributed by atoms with E-state index in [0.29, 0.717) is 0 Å². The fourth-order valence-corrected chi connectivity index (χ4v) is 2.44. The first-order valence-electron chi connectivity index (χ1n) is 6.63. The van der Waals surface area contributed by atoms with Crippen molar-refractivity contribution in [2.24, 2.45) is 11.8 Å². The fourth-order valence-electron chi connectivity index (χ4n) is 2.44. The highest BCUT2D eigenvalue weighted by molar-refractivity contribution is 4.82. The van der Waals surface area contributed by atoms with Gasteiger partial charge in [0.05, 0.1) is 0 Å². The Balaban J connectivity index is 1.70. The Morgan fingerprint density at radius 1 is 1.00 bits per heavy atom. The summed E-state index contributed by atoms with van der Waals surface area (Å²) in [4.78, 5) is 5.33. The van der Waals surface area contributed by atoms with Gasteiger partial charge in [0.1, 0.15) is 0 Å². The number of rotatable bonds is 4. The second kappa shape index (κ2) is 4.84. The Kier molecular flexibility index (Phi) is 3.68. The molecular formula is C13H26N2. The van der Waals surface area contributed by atoms with Crippen molar-refractivity contribution in [2.75, 3.05) is 32.7 Å². The summed E-state index contributed by atoms with van der Waals surface area (Å²) in [5, 5.41) is 0. The standard InChI is InChI=1S/C13H26N2/c1-11(2)12(3)15-8-6-14(7-9-15)10-13-4-5-13/h11-13H,4-10H2,1-3H3. The van der Waals surface area contributed by atoms with Crippen LogP contribution in [0.2, 0.25) is 0 Å². The van der Waals surface area contributed by atoms with E-state index < -0.39 is 0 Å². The molecule has 0 spiro atoms. The summed E-state index contributed by atoms with van der Waals surface area (Å²) in [6.45, 7) is 13.6. The van der Waals surface area contributed by atoms with Crippen LogP contribution in [0.15, 0.2) is 0 Å². The summed E-state index contributed by atoms with van der Waals surface area (Å²) in [6, 6.07) is 0.757. The SMILES string of the molecule is CC(C)C(C)N1CCN(CC2CC2)CC1. The first-order chi connectivity index (χ1) is 7.16. The van der Waals surface area contributed by atoms with E-state index in [1.807, 2.05) is 0 Å². The van der Waals surface area contributed by atoms with Crippen LogP contribution in [0.4, 0.5) is 0 Å². The average molecular weight is 210 g/mol. The third-order valence-corrected chi connectivity index (χ3v) is 4.16. The minimum absolute atomic E-state index is 0.757. The van der Waals surface area contributed by atoms with Gasteiger partial charge in [-0.25, -0.2) is 0 Å². The van der Waals surface area contributed by atoms with Crippen LogP contribution >= 0.6 is 0 Å². The molecule has 1 heterocycles. The minimum atomic E-state index is 0.757. The van der Waals surface area contributed by atoms with Gasteiger partial charge in [-0.2, -0.15) is 0 Å². The summed E-state index contributed by atoms with van der Waals surface area (Å²) >= 11 is 0. The van der Waals surface area contributed by atoms with E-state index >= 15 is 0 Å². The molecule has 2 aliphatic rings. The van der Waals surface area contributed by atoms with Crippen molar-refractivity contribution in [1.82, 2.24) is 9.80 Å². The number of hydrogen-bond acceptors (Lipinski definition) is 2. The molecule has 15 heavy (non-hydrogen) atoms. The van der Waals surface area contributed by atoms with Crippen molar-refractivity contribution < 1.29 is 0 Å². The van der Waals surface area contributed by atoms with Crippen molar-refractivity contribution in [3.05, 3.63) is 0 Å². The van der Waals surface area contributed by atoms with Gasteiger partial charge in [-0.05, 0) is 31.6 Å². The van der Waals surface area contributed by atoms with Gasteiger partial charge in [0, 0.05) is 38.8 Å². The molecule has 1 saturated carbocycles. The van der Waals surface area contributed by atoms with Gasteiger partial charge in [-0.15, -0.1) is 0 Å². The zero-order valence-electron chi connectivity index (χ0n) is 10.6. The third kappa shape index (κ3) is 3.18. The molecular weight excluding hydrogens is 184 g/mol. The largest absolute Gasteiger partial charge is 0.301 e. The summed E-state index contributed by atoms with van der Waals surface area (Å²) < 4.78 is 0. The van der Waals surface area contributed by atoms with E-state index in [1.54, 1.807) is 0 Å². The van der Waals surface area contributed by atoms with Gasteiger partial charge in [0.15, 0.2) is 0 Å². The smallest absolute Gasteiger partial charge is 0.0113 e. The van der Waals surface area contributed by atoms with Crippen LogP contribution in [-0.4, -0.2) is 48.6 Å². The predicted octanol–water partition coefficient (Wildman–Crippen LogP) is 2.06. The maximum atomic E-state index is 2.67. The molecule has 2 nitrogen and oxygen atoms in total. The lowest BCUT2D eigenvalue weighted by atomic mass is 10.0. The van der Waals surface area contributed by atoms with E-state index in [-0.39, 0.29) is 0 Å². The lowest BCUT2D eigenvalue weighted by molar-refractivity contribution is 0.0818. The molecule has 1 saturated heterocycles. The summed E-state index contributed by atoms with van der Waals surface area (Å²) in [7, 11) is 0. The van der Waals surface area contributed by atoms with Gasteiger partial charge in [0.2, 0.25) is 0 Å². The number of nitrogens with zero attached hydrogens (tertiary/aromatic N) is 2. The van der Waals surface area contributed by atoms with Crippen LogP contribution in [0, 0.1) is 11.8 Å². The second-order valence-electron chi connectivity index (χ2n) is 5.76. The van der Waals surface area contributed by atoms with Crippen LogP contribution in [0.3, 0.4) is 0 Å². The quantitative estimate of drug-likeness (QED) is 0.701. The van der Waals surface area contributed by atoms with Crippen LogP contribution in [0.25, 0.3) is 0 Å². The molecule has 0 N–H and O–H groups in total. The first kappa shape index (κ1) is 11.4. The highest BCUT2D eigenvalue weighted by Gasteiger charge is 2.27. The van der Waals surface area contributed by atoms with E-state index in [1.165, 1.54) is 45.6 Å². The predicted molar refractivity (Wildman–Crippen MR) is 65.0 cm³/mol. The number of piperazine rings is 1. The highest BCUT2D eigenvalue weighted by Crippen LogP contribution is 2.30. The average Bonchev–Trinajstić information content (AvgIpc) is 3.02. The molecule has 2 rings (SSSR count). The summed E-state index contributed by atoms with van der Waals surface area (Å²) in [5.41, 5.74) is 0. The van der Waals surface area contributed by atoms with Crippen LogP contribution in [-0.2, 0) is 0 Å². The third-order valence-electron chi connectivity index (χ3n) is 4.16. The molecule has 0 bridgehead atoms. The highest BCUT2D eigenvalue weighted by atomic mass is 15.3. The molecule has 0 aromatic carbocycles. The summed E-state index contributed by atoms with van der Waals surface area (Å²) in [5.74, 6) is 1.85. The zero-order valence-corrected chi connectivity index (χ0v) is 10.6. The maximum Gasteiger partial charge on any atom is 0.0113 e. The zero-order chi connectivity index (χ0) is 10.8. The van der Waals surface area contributed by atoms with Crippen molar-refractivity contribution in [3.8, 4) is 0 Å². The topological polar surface area (TPSA) is 6.48 Å². The normalized spacial score (nSPS) is 27.2. The van der Waals surface area contributed by atoms with E-state index in [2.05, 4.69) is 30.6 Å². The molecule has 0 aromatic heterocycles. The Morgan fingerprint density at radius 3 is 2.07 bits per heavy atom. The van der Waals surface area contributed by atoms with Crippen LogP contribution < -0.4 is 0 Å². The Labute approximate surface area is 94.6 Å². The molecule has 1 aliphatic carbocycles. The van der Waals surface area contributed by atoms with Crippen LogP contribution in [0.5, 0.6) is 0 Å². The van der Waals surface area contributed by atoms with Crippen molar-refractivity contribution >= 4 is 0 Å². The van der Waals surface area contributed by atoms with Gasteiger partial charge in [-0.3, -0.25) is 4.90 Å². The molecule has 88 valence electrons. The van der Waals surface area contributed by atoms with Gasteiger partial charge >= 0.3 is 0 Å². The van der Waals surface area contributed by atoms with E-state index in [4.69, 9.17) is 0 Å². The lowest BCUT2D eigenvalue weighted by Crippen LogP contribution is -2.51. The van der Waals surface area contributed by atoms with Crippen molar-refractivity contribution in [1.29, 1.82) is 0 Å². The van der Waals surface area contributed by atoms with E-state index in [9.17, 15) is 0 Å². The first-order valence-corrected chi connectivity index (χ1v) is 6.63. The Bertz CT molecular complexity index is 191. The van der Waals surface area contributed by atoms with Crippen molar-refractivity contribution in [3.63, 3.8) is 0 Å². The van der Waals surface area contributed by atoms with Gasteiger partial charge in [0.25, 0.3) is 0 Å². The van der Waals surface area contributed by atoms with Gasteiger partial charge in [-0.1, -0.05) is 13.8 Å². The monoisotopic (exact) mass is 210 g/mol. The Hall–Kier alpha value is -0.0800. The minimum Gasteiger partial charge on any atom is -0.301 e. The second-order valence-corrected chi connectivity index (χ2v) is 5.76. The number of hydrogen-bond donors (Lipinski definition) is 0. The lowest BCUT2D eigenvalue weighted by Gasteiger charge is -2.39. The molecule has 1 unspecified atom stereocenters. The fraction of sp³-hybridized carbons (Fsp3) is 1.00. The molecule has 2 fully saturated rings. The van der Waals surface area contributed by atoms with Crippen molar-refractivity contribution in [2.45, 2.75) is 39.7 Å². The molecule has 1 aliphatic heterocycles. The maximum absolute atomic E-state index is 2.67. The summed E-state index contributed by atoms with van der Waals surface area (Å²) in [6.07, 6.45) is 2.98. The molecule has 2 heteroatoms. The molecule has 0 amide bonds. The molecule has 0 radical (unpaired) electrons. The van der Waals surface area contributed by atoms with E-state index in [0.717, 1.165) is 17.9 Å². The van der Waals surface area contributed by atoms with Crippen LogP contribution in [0.1, 0.15) is 33.6 Å². The molecule has 1 atom stereocenters. The molecule has 0 aromatic rings. The van der Waals surface area contributed by atoms with Gasteiger partial charge < -0.3 is 4.90 Å².